The van der Waals surface area contributed by atoms with Crippen molar-refractivity contribution in [2.24, 2.45) is 7.05 Å². The summed E-state index contributed by atoms with van der Waals surface area (Å²) in [5.74, 6) is 0.468. The first kappa shape index (κ1) is 23.2. The van der Waals surface area contributed by atoms with Crippen LogP contribution >= 0.6 is 0 Å². The van der Waals surface area contributed by atoms with Gasteiger partial charge >= 0.3 is 0 Å². The average Bonchev–Trinajstić information content (AvgIpc) is 3.20. The minimum Gasteiger partial charge on any atom is -0.455 e. The van der Waals surface area contributed by atoms with Gasteiger partial charge in [0, 0.05) is 38.0 Å². The van der Waals surface area contributed by atoms with E-state index < -0.39 is 15.9 Å². The molecule has 0 fully saturated rings. The molecule has 9 heteroatoms. The van der Waals surface area contributed by atoms with Gasteiger partial charge in [-0.15, -0.1) is 0 Å². The number of carbonyl (C=O) groups excluding carboxylic acids is 1. The number of ether oxygens (including phenoxy) is 1. The molecule has 3 aromatic rings. The summed E-state index contributed by atoms with van der Waals surface area (Å²) in [7, 11) is -1.92. The van der Waals surface area contributed by atoms with Gasteiger partial charge in [0.25, 0.3) is 0 Å². The molecule has 0 saturated heterocycles. The zero-order valence-corrected chi connectivity index (χ0v) is 19.0. The maximum Gasteiger partial charge on any atom is 0.248 e. The Kier molecular flexibility index (Phi) is 7.45. The topological polar surface area (TPSA) is 93.5 Å². The standard InChI is InChI=1S/C23H26N4O4S/c1-4-27(5-2)32(29,30)20-12-13-22(31-19-9-7-6-8-10-19)21(15-20)25-23(28)14-11-18-16-24-26(3)17-18/h6-17H,4-5H2,1-3H3,(H,25,28)/b14-11+. The van der Waals surface area contributed by atoms with Crippen LogP contribution in [0.3, 0.4) is 0 Å². The van der Waals surface area contributed by atoms with E-state index in [4.69, 9.17) is 4.74 Å². The molecule has 168 valence electrons. The normalized spacial score (nSPS) is 11.8. The minimum absolute atomic E-state index is 0.0770. The van der Waals surface area contributed by atoms with Crippen molar-refractivity contribution in [1.29, 1.82) is 0 Å². The molecule has 0 radical (unpaired) electrons. The van der Waals surface area contributed by atoms with Gasteiger partial charge in [0.1, 0.15) is 5.75 Å². The van der Waals surface area contributed by atoms with Gasteiger partial charge in [-0.3, -0.25) is 9.48 Å². The largest absolute Gasteiger partial charge is 0.455 e. The molecule has 3 rings (SSSR count). The maximum absolute atomic E-state index is 13.0. The van der Waals surface area contributed by atoms with E-state index in [9.17, 15) is 13.2 Å². The lowest BCUT2D eigenvalue weighted by Crippen LogP contribution is -2.30. The number of hydrogen-bond donors (Lipinski definition) is 1. The van der Waals surface area contributed by atoms with E-state index in [-0.39, 0.29) is 10.6 Å². The fraction of sp³-hybridized carbons (Fsp3) is 0.217. The molecule has 1 N–H and O–H groups in total. The highest BCUT2D eigenvalue weighted by atomic mass is 32.2. The first-order valence-corrected chi connectivity index (χ1v) is 11.6. The molecule has 0 saturated carbocycles. The summed E-state index contributed by atoms with van der Waals surface area (Å²) in [5.41, 5.74) is 1.02. The summed E-state index contributed by atoms with van der Waals surface area (Å²) in [6.45, 7) is 4.24. The van der Waals surface area contributed by atoms with Gasteiger partial charge in [-0.05, 0) is 36.4 Å². The molecular formula is C23H26N4O4S. The molecular weight excluding hydrogens is 428 g/mol. The van der Waals surface area contributed by atoms with E-state index in [0.29, 0.717) is 24.6 Å². The smallest absolute Gasteiger partial charge is 0.248 e. The van der Waals surface area contributed by atoms with Crippen molar-refractivity contribution in [1.82, 2.24) is 14.1 Å². The quantitative estimate of drug-likeness (QED) is 0.495. The molecule has 0 unspecified atom stereocenters. The van der Waals surface area contributed by atoms with Gasteiger partial charge in [0.05, 0.1) is 16.8 Å². The number of nitrogens with one attached hydrogen (secondary N) is 1. The molecule has 0 aliphatic heterocycles. The third kappa shape index (κ3) is 5.63. The number of rotatable bonds is 9. The third-order valence-corrected chi connectivity index (χ3v) is 6.72. The number of nitrogens with zero attached hydrogens (tertiary/aromatic N) is 3. The van der Waals surface area contributed by atoms with Crippen molar-refractivity contribution in [2.45, 2.75) is 18.7 Å². The molecule has 1 heterocycles. The highest BCUT2D eigenvalue weighted by Gasteiger charge is 2.23. The van der Waals surface area contributed by atoms with Crippen LogP contribution in [0.15, 0.2) is 71.9 Å². The van der Waals surface area contributed by atoms with Gasteiger partial charge in [-0.25, -0.2) is 8.42 Å². The molecule has 2 aromatic carbocycles. The van der Waals surface area contributed by atoms with Crippen LogP contribution in [0.4, 0.5) is 5.69 Å². The third-order valence-electron chi connectivity index (χ3n) is 4.68. The predicted molar refractivity (Wildman–Crippen MR) is 124 cm³/mol. The van der Waals surface area contributed by atoms with Crippen LogP contribution in [0.1, 0.15) is 19.4 Å². The second-order valence-corrected chi connectivity index (χ2v) is 8.87. The summed E-state index contributed by atoms with van der Waals surface area (Å²) < 4.78 is 34.8. The fourth-order valence-corrected chi connectivity index (χ4v) is 4.54. The maximum atomic E-state index is 13.0. The Labute approximate surface area is 188 Å². The van der Waals surface area contributed by atoms with Crippen LogP contribution in [-0.2, 0) is 21.9 Å². The highest BCUT2D eigenvalue weighted by Crippen LogP contribution is 2.32. The number of para-hydroxylation sites is 1. The van der Waals surface area contributed by atoms with Crippen LogP contribution in [0.2, 0.25) is 0 Å². The molecule has 32 heavy (non-hydrogen) atoms. The molecule has 0 aliphatic carbocycles. The van der Waals surface area contributed by atoms with E-state index in [0.717, 1.165) is 5.56 Å². The van der Waals surface area contributed by atoms with E-state index >= 15 is 0 Å². The number of benzene rings is 2. The van der Waals surface area contributed by atoms with E-state index in [1.807, 2.05) is 18.2 Å². The Morgan fingerprint density at radius 2 is 1.88 bits per heavy atom. The molecule has 0 bridgehead atoms. The highest BCUT2D eigenvalue weighted by molar-refractivity contribution is 7.89. The first-order chi connectivity index (χ1) is 15.3. The Morgan fingerprint density at radius 3 is 2.50 bits per heavy atom. The van der Waals surface area contributed by atoms with Crippen molar-refractivity contribution < 1.29 is 17.9 Å². The summed E-state index contributed by atoms with van der Waals surface area (Å²) in [6, 6.07) is 13.5. The summed E-state index contributed by atoms with van der Waals surface area (Å²) >= 11 is 0. The molecule has 8 nitrogen and oxygen atoms in total. The van der Waals surface area contributed by atoms with Gasteiger partial charge in [0.2, 0.25) is 15.9 Å². The van der Waals surface area contributed by atoms with Crippen molar-refractivity contribution in [2.75, 3.05) is 18.4 Å². The van der Waals surface area contributed by atoms with Crippen LogP contribution in [-0.4, -0.2) is 41.5 Å². The zero-order chi connectivity index (χ0) is 23.1. The van der Waals surface area contributed by atoms with Crippen molar-refractivity contribution in [3.8, 4) is 11.5 Å². The number of carbonyl (C=O) groups is 1. The van der Waals surface area contributed by atoms with E-state index in [1.165, 1.54) is 22.5 Å². The van der Waals surface area contributed by atoms with E-state index in [2.05, 4.69) is 10.4 Å². The van der Waals surface area contributed by atoms with Crippen LogP contribution in [0, 0.1) is 0 Å². The zero-order valence-electron chi connectivity index (χ0n) is 18.2. The Bertz CT molecular complexity index is 1200. The number of aryl methyl sites for hydroxylation is 1. The number of anilines is 1. The van der Waals surface area contributed by atoms with Crippen molar-refractivity contribution in [3.63, 3.8) is 0 Å². The van der Waals surface area contributed by atoms with Crippen LogP contribution in [0.25, 0.3) is 6.08 Å². The van der Waals surface area contributed by atoms with Crippen molar-refractivity contribution >= 4 is 27.7 Å². The summed E-state index contributed by atoms with van der Waals surface area (Å²) in [6.07, 6.45) is 6.38. The SMILES string of the molecule is CCN(CC)S(=O)(=O)c1ccc(Oc2ccccc2)c(NC(=O)/C=C/c2cnn(C)c2)c1. The molecule has 0 spiro atoms. The lowest BCUT2D eigenvalue weighted by atomic mass is 10.2. The Hall–Kier alpha value is -3.43. The second kappa shape index (κ2) is 10.3. The van der Waals surface area contributed by atoms with Gasteiger partial charge in [-0.1, -0.05) is 32.0 Å². The number of sulfonamides is 1. The van der Waals surface area contributed by atoms with Gasteiger partial charge in [-0.2, -0.15) is 9.40 Å². The van der Waals surface area contributed by atoms with Crippen molar-refractivity contribution in [3.05, 3.63) is 72.6 Å². The lowest BCUT2D eigenvalue weighted by Gasteiger charge is -2.20. The lowest BCUT2D eigenvalue weighted by molar-refractivity contribution is -0.111. The molecule has 0 atom stereocenters. The van der Waals surface area contributed by atoms with Crippen LogP contribution in [0.5, 0.6) is 11.5 Å². The predicted octanol–water partition coefficient (Wildman–Crippen LogP) is 3.89. The first-order valence-electron chi connectivity index (χ1n) is 10.2. The fourth-order valence-electron chi connectivity index (χ4n) is 3.06. The molecule has 1 aromatic heterocycles. The number of amides is 1. The van der Waals surface area contributed by atoms with Gasteiger partial charge < -0.3 is 10.1 Å². The Balaban J connectivity index is 1.93. The second-order valence-electron chi connectivity index (χ2n) is 6.93. The minimum atomic E-state index is -3.70. The summed E-state index contributed by atoms with van der Waals surface area (Å²) in [4.78, 5) is 12.6. The molecule has 0 aliphatic rings. The monoisotopic (exact) mass is 454 g/mol. The average molecular weight is 455 g/mol. The Morgan fingerprint density at radius 1 is 1.16 bits per heavy atom. The van der Waals surface area contributed by atoms with Gasteiger partial charge in [0.15, 0.2) is 5.75 Å². The van der Waals surface area contributed by atoms with Crippen LogP contribution < -0.4 is 10.1 Å². The van der Waals surface area contributed by atoms with E-state index in [1.54, 1.807) is 62.2 Å². The number of aromatic nitrogens is 2. The summed E-state index contributed by atoms with van der Waals surface area (Å²) in [5, 5.41) is 6.79. The molecule has 1 amide bonds. The number of hydrogen-bond acceptors (Lipinski definition) is 5.